The predicted molar refractivity (Wildman–Crippen MR) is 114 cm³/mol. The minimum Gasteiger partial charge on any atom is -0.380 e. The quantitative estimate of drug-likeness (QED) is 0.507. The Morgan fingerprint density at radius 1 is 1.14 bits per heavy atom. The first-order valence-electron chi connectivity index (χ1n) is 11.4. The van der Waals surface area contributed by atoms with Crippen molar-refractivity contribution in [1.82, 2.24) is 9.80 Å². The first kappa shape index (κ1) is 22.1. The summed E-state index contributed by atoms with van der Waals surface area (Å²) in [4.78, 5) is 29.3. The van der Waals surface area contributed by atoms with Gasteiger partial charge in [-0.05, 0) is 43.5 Å². The molecule has 4 heterocycles. The molecule has 3 fully saturated rings. The molecule has 1 aliphatic carbocycles. The van der Waals surface area contributed by atoms with Crippen LogP contribution in [0.15, 0.2) is 47.8 Å². The standard InChI is InChI=1S/C24H22F4N4O3/c1-22-13-29(21(34)23(35)7-2-8-23)9-10-31(22)20(33)18-12-30-17(14-3-5-15(25)6-4-14)11-16(24(26,27)28)19(30)32(18)22/h3-6,11-12,35H,2,7-10,13H2,1H3/q+2. The Balaban J connectivity index is 1.50. The number of allylic oxidation sites excluding steroid dienone is 1. The molecule has 1 unspecified atom stereocenters. The van der Waals surface area contributed by atoms with Crippen LogP contribution in [0.1, 0.15) is 31.7 Å². The molecule has 1 N–H and O–H groups in total. The number of benzene rings is 1. The first-order valence-corrected chi connectivity index (χ1v) is 11.4. The van der Waals surface area contributed by atoms with E-state index >= 15 is 0 Å². The lowest BCUT2D eigenvalue weighted by Crippen LogP contribution is -2.66. The van der Waals surface area contributed by atoms with Crippen LogP contribution in [-0.4, -0.2) is 84.5 Å². The maximum Gasteiger partial charge on any atom is 0.465 e. The number of alkyl halides is 3. The lowest BCUT2D eigenvalue weighted by Gasteiger charge is -2.44. The highest BCUT2D eigenvalue weighted by atomic mass is 19.4. The summed E-state index contributed by atoms with van der Waals surface area (Å²) in [5.41, 5.74) is -3.04. The topological polar surface area (TPSA) is 66.9 Å². The minimum atomic E-state index is -4.73. The van der Waals surface area contributed by atoms with E-state index in [2.05, 4.69) is 0 Å². The summed E-state index contributed by atoms with van der Waals surface area (Å²) in [5, 5.41) is 10.6. The van der Waals surface area contributed by atoms with Gasteiger partial charge in [0.25, 0.3) is 17.8 Å². The van der Waals surface area contributed by atoms with Gasteiger partial charge in [0.05, 0.1) is 0 Å². The smallest absolute Gasteiger partial charge is 0.380 e. The van der Waals surface area contributed by atoms with Gasteiger partial charge in [0, 0.05) is 31.7 Å². The van der Waals surface area contributed by atoms with Crippen LogP contribution in [0.25, 0.3) is 0 Å². The van der Waals surface area contributed by atoms with Crippen LogP contribution in [0, 0.1) is 5.82 Å². The lowest BCUT2D eigenvalue weighted by molar-refractivity contribution is -0.580. The van der Waals surface area contributed by atoms with Crippen molar-refractivity contribution in [1.29, 1.82) is 0 Å². The molecule has 6 rings (SSSR count). The number of piperazine rings is 1. The molecule has 2 saturated heterocycles. The van der Waals surface area contributed by atoms with E-state index in [1.807, 2.05) is 0 Å². The predicted octanol–water partition coefficient (Wildman–Crippen LogP) is 1.71. The number of aliphatic hydroxyl groups is 1. The molecule has 0 spiro atoms. The van der Waals surface area contributed by atoms with E-state index in [9.17, 15) is 32.3 Å². The summed E-state index contributed by atoms with van der Waals surface area (Å²) in [5.74, 6) is -1.62. The number of nitrogens with zero attached hydrogens (tertiary/aromatic N) is 4. The Bertz CT molecular complexity index is 1320. The van der Waals surface area contributed by atoms with Crippen LogP contribution in [0.5, 0.6) is 0 Å². The molecule has 2 amide bonds. The van der Waals surface area contributed by atoms with E-state index in [1.165, 1.54) is 37.3 Å². The van der Waals surface area contributed by atoms with Gasteiger partial charge in [0.15, 0.2) is 0 Å². The Kier molecular flexibility index (Phi) is 4.35. The average molecular weight is 490 g/mol. The van der Waals surface area contributed by atoms with Crippen LogP contribution in [0.2, 0.25) is 0 Å². The zero-order valence-corrected chi connectivity index (χ0v) is 18.8. The van der Waals surface area contributed by atoms with Crippen molar-refractivity contribution >= 4 is 23.4 Å². The van der Waals surface area contributed by atoms with Crippen molar-refractivity contribution in [3.63, 3.8) is 0 Å². The fraction of sp³-hybridized carbons (Fsp3) is 0.417. The number of hydrogen-bond acceptors (Lipinski definition) is 3. The molecular formula is C24H22F4N4O3+2. The molecule has 0 bridgehead atoms. The monoisotopic (exact) mass is 490 g/mol. The Hall–Kier alpha value is -3.34. The molecular weight excluding hydrogens is 468 g/mol. The molecule has 11 heteroatoms. The van der Waals surface area contributed by atoms with Crippen molar-refractivity contribution in [2.45, 2.75) is 43.6 Å². The van der Waals surface area contributed by atoms with Gasteiger partial charge in [-0.1, -0.05) is 9.15 Å². The van der Waals surface area contributed by atoms with Crippen LogP contribution in [0.4, 0.5) is 17.6 Å². The molecule has 1 aromatic rings. The summed E-state index contributed by atoms with van der Waals surface area (Å²) in [7, 11) is 0. The van der Waals surface area contributed by atoms with Crippen molar-refractivity contribution in [2.24, 2.45) is 0 Å². The molecule has 1 saturated carbocycles. The molecule has 7 nitrogen and oxygen atoms in total. The summed E-state index contributed by atoms with van der Waals surface area (Å²) >= 11 is 0. The molecule has 0 aromatic heterocycles. The largest absolute Gasteiger partial charge is 0.465 e. The third kappa shape index (κ3) is 2.93. The van der Waals surface area contributed by atoms with Gasteiger partial charge in [-0.3, -0.25) is 14.5 Å². The zero-order chi connectivity index (χ0) is 24.9. The van der Waals surface area contributed by atoms with E-state index in [4.69, 9.17) is 0 Å². The van der Waals surface area contributed by atoms with Crippen molar-refractivity contribution in [3.05, 3.63) is 59.2 Å². The normalized spacial score (nSPS) is 27.0. The Morgan fingerprint density at radius 3 is 2.43 bits per heavy atom. The highest BCUT2D eigenvalue weighted by molar-refractivity contribution is 6.17. The van der Waals surface area contributed by atoms with Crippen LogP contribution >= 0.6 is 0 Å². The maximum atomic E-state index is 14.2. The van der Waals surface area contributed by atoms with Crippen LogP contribution < -0.4 is 0 Å². The van der Waals surface area contributed by atoms with E-state index in [0.29, 0.717) is 18.4 Å². The van der Waals surface area contributed by atoms with E-state index in [1.54, 1.807) is 6.92 Å². The summed E-state index contributed by atoms with van der Waals surface area (Å²) in [6, 6.07) is 5.10. The highest BCUT2D eigenvalue weighted by Gasteiger charge is 2.70. The highest BCUT2D eigenvalue weighted by Crippen LogP contribution is 2.42. The van der Waals surface area contributed by atoms with Crippen molar-refractivity contribution in [2.75, 3.05) is 19.6 Å². The number of hydrogen-bond donors (Lipinski definition) is 1. The number of halogens is 4. The number of rotatable bonds is 2. The van der Waals surface area contributed by atoms with E-state index < -0.39 is 40.6 Å². The number of amides is 2. The molecule has 1 atom stereocenters. The van der Waals surface area contributed by atoms with E-state index in [0.717, 1.165) is 24.6 Å². The zero-order valence-electron chi connectivity index (χ0n) is 18.8. The van der Waals surface area contributed by atoms with Gasteiger partial charge in [-0.2, -0.15) is 13.2 Å². The maximum absolute atomic E-state index is 14.2. The second-order valence-corrected chi connectivity index (χ2v) is 9.78. The molecule has 0 radical (unpaired) electrons. The molecule has 5 aliphatic rings. The summed E-state index contributed by atoms with van der Waals surface area (Å²) in [6.45, 7) is 1.91. The first-order chi connectivity index (χ1) is 16.4. The fourth-order valence-corrected chi connectivity index (χ4v) is 5.69. The molecule has 35 heavy (non-hydrogen) atoms. The number of carbonyl (C=O) groups excluding carboxylic acids is 2. The van der Waals surface area contributed by atoms with Crippen LogP contribution in [0.3, 0.4) is 0 Å². The van der Waals surface area contributed by atoms with Crippen molar-refractivity contribution < 1.29 is 41.4 Å². The van der Waals surface area contributed by atoms with E-state index in [-0.39, 0.29) is 36.9 Å². The minimum absolute atomic E-state index is 0.0500. The molecule has 1 aromatic carbocycles. The van der Waals surface area contributed by atoms with Gasteiger partial charge < -0.3 is 10.0 Å². The Morgan fingerprint density at radius 2 is 1.83 bits per heavy atom. The lowest BCUT2D eigenvalue weighted by atomic mass is 9.79. The third-order valence-corrected chi connectivity index (χ3v) is 7.64. The fourth-order valence-electron chi connectivity index (χ4n) is 5.69. The van der Waals surface area contributed by atoms with Gasteiger partial charge >= 0.3 is 23.6 Å². The third-order valence-electron chi connectivity index (χ3n) is 7.64. The SMILES string of the molecule is CC12CN(C(=O)C3(O)CCC3)CCN1C(=O)C1=C[N+]3=C(c4ccc(F)cc4)C=C(C(F)(F)F)C3=[N+]12. The van der Waals surface area contributed by atoms with Crippen molar-refractivity contribution in [3.8, 4) is 0 Å². The number of fused-ring (bicyclic) bond motifs is 4. The van der Waals surface area contributed by atoms with Gasteiger partial charge in [-0.15, -0.1) is 0 Å². The average Bonchev–Trinajstić information content (AvgIpc) is 3.40. The number of carbonyl (C=O) groups is 2. The van der Waals surface area contributed by atoms with Gasteiger partial charge in [0.2, 0.25) is 11.3 Å². The van der Waals surface area contributed by atoms with Crippen LogP contribution in [-0.2, 0) is 9.59 Å². The summed E-state index contributed by atoms with van der Waals surface area (Å²) < 4.78 is 58.8. The number of amidine groups is 1. The van der Waals surface area contributed by atoms with Gasteiger partial charge in [0.1, 0.15) is 18.0 Å². The molecule has 182 valence electrons. The van der Waals surface area contributed by atoms with Gasteiger partial charge in [-0.25, -0.2) is 4.39 Å². The summed E-state index contributed by atoms with van der Waals surface area (Å²) in [6.07, 6.45) is -0.935. The molecule has 4 aliphatic heterocycles. The Labute approximate surface area is 197 Å². The second-order valence-electron chi connectivity index (χ2n) is 9.78. The second kappa shape index (κ2) is 6.87.